The molecule has 1 heterocycles. The normalized spacial score (nSPS) is 18.1. The molecule has 0 saturated heterocycles. The van der Waals surface area contributed by atoms with Gasteiger partial charge in [0.15, 0.2) is 0 Å². The molecule has 0 aromatic heterocycles. The highest BCUT2D eigenvalue weighted by molar-refractivity contribution is 5.95. The minimum Gasteiger partial charge on any atom is -0.481 e. The van der Waals surface area contributed by atoms with Crippen LogP contribution in [0.2, 0.25) is 0 Å². The third-order valence-corrected chi connectivity index (χ3v) is 5.26. The van der Waals surface area contributed by atoms with Crippen LogP contribution >= 0.6 is 0 Å². The van der Waals surface area contributed by atoms with Crippen LogP contribution in [0.3, 0.4) is 0 Å². The number of benzene rings is 1. The third kappa shape index (κ3) is 5.32. The van der Waals surface area contributed by atoms with Gasteiger partial charge >= 0.3 is 5.97 Å². The lowest BCUT2D eigenvalue weighted by Gasteiger charge is -2.29. The largest absolute Gasteiger partial charge is 0.481 e. The predicted octanol–water partition coefficient (Wildman–Crippen LogP) is 3.59. The first-order valence-electron chi connectivity index (χ1n) is 9.67. The fourth-order valence-corrected chi connectivity index (χ4v) is 3.79. The average Bonchev–Trinajstić information content (AvgIpc) is 2.92. The highest BCUT2D eigenvalue weighted by atomic mass is 16.6. The van der Waals surface area contributed by atoms with E-state index in [1.165, 1.54) is 5.56 Å². The lowest BCUT2D eigenvalue weighted by atomic mass is 9.90. The summed E-state index contributed by atoms with van der Waals surface area (Å²) >= 11 is 0. The minimum atomic E-state index is -0.782. The van der Waals surface area contributed by atoms with Crippen molar-refractivity contribution in [1.29, 1.82) is 0 Å². The van der Waals surface area contributed by atoms with Gasteiger partial charge in [-0.1, -0.05) is 50.6 Å². The Morgan fingerprint density at radius 1 is 1.26 bits per heavy atom. The Balaban J connectivity index is 2.08. The van der Waals surface area contributed by atoms with E-state index in [4.69, 9.17) is 15.8 Å². The summed E-state index contributed by atoms with van der Waals surface area (Å²) in [6.45, 7) is 4.76. The minimum absolute atomic E-state index is 0.0317. The maximum Gasteiger partial charge on any atom is 0.303 e. The number of rotatable bonds is 11. The molecule has 0 bridgehead atoms. The average molecular weight is 374 g/mol. The molecule has 1 amide bonds. The highest BCUT2D eigenvalue weighted by Gasteiger charge is 2.40. The molecule has 0 saturated carbocycles. The lowest BCUT2D eigenvalue weighted by molar-refractivity contribution is -0.137. The monoisotopic (exact) mass is 374 g/mol. The summed E-state index contributed by atoms with van der Waals surface area (Å²) in [6.07, 6.45) is 3.84. The summed E-state index contributed by atoms with van der Waals surface area (Å²) in [4.78, 5) is 30.2. The van der Waals surface area contributed by atoms with Crippen LogP contribution in [0.5, 0.6) is 0 Å². The van der Waals surface area contributed by atoms with E-state index in [2.05, 4.69) is 19.1 Å². The number of hydrogen-bond donors (Lipinski definition) is 2. The van der Waals surface area contributed by atoms with Gasteiger partial charge in [-0.25, -0.2) is 0 Å². The van der Waals surface area contributed by atoms with Gasteiger partial charge in [-0.15, -0.1) is 0 Å². The van der Waals surface area contributed by atoms with Crippen molar-refractivity contribution in [1.82, 2.24) is 4.90 Å². The number of carbonyl (C=O) groups excluding carboxylic acids is 1. The molecule has 27 heavy (non-hydrogen) atoms. The molecule has 2 atom stereocenters. The summed E-state index contributed by atoms with van der Waals surface area (Å²) in [5, 5.41) is 8.75. The molecule has 6 nitrogen and oxygen atoms in total. The number of hydrogen-bond acceptors (Lipinski definition) is 4. The van der Waals surface area contributed by atoms with Crippen LogP contribution in [-0.4, -0.2) is 34.5 Å². The quantitative estimate of drug-likeness (QED) is 0.456. The molecule has 1 aliphatic heterocycles. The second-order valence-corrected chi connectivity index (χ2v) is 7.09. The van der Waals surface area contributed by atoms with Crippen molar-refractivity contribution in [3.63, 3.8) is 0 Å². The van der Waals surface area contributed by atoms with Crippen molar-refractivity contribution >= 4 is 11.9 Å². The molecule has 0 radical (unpaired) electrons. The highest BCUT2D eigenvalue weighted by Crippen LogP contribution is 2.35. The molecule has 0 spiro atoms. The zero-order valence-corrected chi connectivity index (χ0v) is 16.2. The van der Waals surface area contributed by atoms with Crippen molar-refractivity contribution in [3.8, 4) is 0 Å². The number of carbonyl (C=O) groups is 2. The molecule has 3 N–H and O–H groups in total. The van der Waals surface area contributed by atoms with Crippen LogP contribution in [0.25, 0.3) is 0 Å². The maximum atomic E-state index is 12.8. The Bertz CT molecular complexity index is 672. The summed E-state index contributed by atoms with van der Waals surface area (Å²) in [6, 6.07) is 10.2. The second kappa shape index (κ2) is 10.1. The number of unbranched alkanes of at least 4 members (excludes halogenated alkanes) is 2. The summed E-state index contributed by atoms with van der Waals surface area (Å²) in [7, 11) is 0. The van der Waals surface area contributed by atoms with Gasteiger partial charge in [-0.05, 0) is 37.2 Å². The van der Waals surface area contributed by atoms with Gasteiger partial charge in [0.25, 0.3) is 5.91 Å². The first-order valence-corrected chi connectivity index (χ1v) is 9.67. The van der Waals surface area contributed by atoms with E-state index in [0.717, 1.165) is 24.8 Å². The number of aliphatic carboxylic acids is 1. The van der Waals surface area contributed by atoms with Crippen molar-refractivity contribution in [2.45, 2.75) is 64.3 Å². The molecule has 0 fully saturated rings. The molecule has 148 valence electrons. The van der Waals surface area contributed by atoms with E-state index in [1.54, 1.807) is 0 Å². The fraction of sp³-hybridized carbons (Fsp3) is 0.524. The third-order valence-electron chi connectivity index (χ3n) is 5.26. The molecule has 1 aliphatic rings. The van der Waals surface area contributed by atoms with Gasteiger partial charge in [0, 0.05) is 18.5 Å². The Hall–Kier alpha value is -2.34. The standard InChI is InChI=1S/C21H30N2O4/c1-3-17-18(14-15(2)16-10-6-4-7-11-16)23(21(26)20(17)27-22)13-9-5-8-12-19(24)25/h4,6-7,10-11,15,18H,3,5,8-9,12-14,22H2,1-2H3,(H,24,25). The maximum absolute atomic E-state index is 12.8. The van der Waals surface area contributed by atoms with Gasteiger partial charge in [-0.3, -0.25) is 9.59 Å². The molecule has 6 heteroatoms. The molecule has 1 aromatic carbocycles. The first-order chi connectivity index (χ1) is 13.0. The van der Waals surface area contributed by atoms with Crippen molar-refractivity contribution in [2.75, 3.05) is 6.54 Å². The number of carboxylic acids is 1. The van der Waals surface area contributed by atoms with Crippen LogP contribution in [0, 0.1) is 0 Å². The van der Waals surface area contributed by atoms with Crippen molar-refractivity contribution in [3.05, 3.63) is 47.2 Å². The van der Waals surface area contributed by atoms with Gasteiger partial charge in [0.05, 0.1) is 6.04 Å². The number of nitrogens with zero attached hydrogens (tertiary/aromatic N) is 1. The summed E-state index contributed by atoms with van der Waals surface area (Å²) in [5.74, 6) is 5.02. The summed E-state index contributed by atoms with van der Waals surface area (Å²) < 4.78 is 0. The first kappa shape index (κ1) is 21.0. The van der Waals surface area contributed by atoms with Gasteiger partial charge in [0.2, 0.25) is 5.76 Å². The molecular formula is C21H30N2O4. The van der Waals surface area contributed by atoms with Crippen LogP contribution < -0.4 is 5.90 Å². The van der Waals surface area contributed by atoms with Crippen LogP contribution in [0.4, 0.5) is 0 Å². The van der Waals surface area contributed by atoms with Gasteiger partial charge in [-0.2, -0.15) is 5.90 Å². The van der Waals surface area contributed by atoms with Gasteiger partial charge < -0.3 is 14.8 Å². The van der Waals surface area contributed by atoms with Gasteiger partial charge in [0.1, 0.15) is 0 Å². The zero-order valence-electron chi connectivity index (χ0n) is 16.2. The molecule has 2 rings (SSSR count). The Labute approximate surface area is 160 Å². The van der Waals surface area contributed by atoms with E-state index >= 15 is 0 Å². The molecule has 2 unspecified atom stereocenters. The van der Waals surface area contributed by atoms with E-state index in [-0.39, 0.29) is 30.0 Å². The Kier molecular flexibility index (Phi) is 7.85. The SMILES string of the molecule is CCC1=C(ON)C(=O)N(CCCCCC(=O)O)C1CC(C)c1ccccc1. The predicted molar refractivity (Wildman–Crippen MR) is 104 cm³/mol. The Morgan fingerprint density at radius 3 is 2.56 bits per heavy atom. The fourth-order valence-electron chi connectivity index (χ4n) is 3.79. The van der Waals surface area contributed by atoms with Crippen molar-refractivity contribution in [2.24, 2.45) is 5.90 Å². The second-order valence-electron chi connectivity index (χ2n) is 7.09. The molecule has 0 aliphatic carbocycles. The van der Waals surface area contributed by atoms with Crippen molar-refractivity contribution < 1.29 is 19.5 Å². The lowest BCUT2D eigenvalue weighted by Crippen LogP contribution is -2.37. The number of amides is 1. The van der Waals surface area contributed by atoms with E-state index < -0.39 is 5.97 Å². The molecule has 1 aromatic rings. The smallest absolute Gasteiger partial charge is 0.303 e. The molecular weight excluding hydrogens is 344 g/mol. The van der Waals surface area contributed by atoms with E-state index in [1.807, 2.05) is 30.0 Å². The topological polar surface area (TPSA) is 92.9 Å². The van der Waals surface area contributed by atoms with Crippen LogP contribution in [0.15, 0.2) is 41.7 Å². The Morgan fingerprint density at radius 2 is 1.96 bits per heavy atom. The number of nitrogens with two attached hydrogens (primary N) is 1. The summed E-state index contributed by atoms with van der Waals surface area (Å²) in [5.41, 5.74) is 2.19. The zero-order chi connectivity index (χ0) is 19.8. The van der Waals surface area contributed by atoms with Crippen LogP contribution in [-0.2, 0) is 14.4 Å². The van der Waals surface area contributed by atoms with E-state index in [9.17, 15) is 9.59 Å². The van der Waals surface area contributed by atoms with Crippen LogP contribution in [0.1, 0.15) is 63.9 Å². The number of carboxylic acid groups (broad SMARTS) is 1. The van der Waals surface area contributed by atoms with E-state index in [0.29, 0.717) is 19.4 Å².